The van der Waals surface area contributed by atoms with Gasteiger partial charge in [0.05, 0.1) is 88.2 Å². The Balaban J connectivity index is 0.908. The van der Waals surface area contributed by atoms with Crippen molar-refractivity contribution in [3.63, 3.8) is 0 Å². The van der Waals surface area contributed by atoms with Crippen molar-refractivity contribution in [1.82, 2.24) is 0 Å². The summed E-state index contributed by atoms with van der Waals surface area (Å²) in [5.74, 6) is 0.985. The number of hydrogen-bond donors (Lipinski definition) is 0. The Labute approximate surface area is 404 Å². The molecule has 4 rings (SSSR count). The highest BCUT2D eigenvalue weighted by atomic mass is 35.5. The number of non-ortho nitro benzene ring substituents is 1. The highest BCUT2D eigenvalue weighted by Gasteiger charge is 2.16. The number of nitro groups is 1. The van der Waals surface area contributed by atoms with Crippen LogP contribution < -0.4 is 14.4 Å². The van der Waals surface area contributed by atoms with E-state index in [9.17, 15) is 19.7 Å². The fraction of sp³-hybridized carbons (Fsp3) is 0.480. The second-order valence-electron chi connectivity index (χ2n) is 16.0. The summed E-state index contributed by atoms with van der Waals surface area (Å²) in [6, 6.07) is 26.9. The van der Waals surface area contributed by atoms with Crippen molar-refractivity contribution in [1.29, 1.82) is 0 Å². The van der Waals surface area contributed by atoms with Crippen molar-refractivity contribution < 1.29 is 57.1 Å². The third kappa shape index (κ3) is 23.4. The molecule has 0 spiro atoms. The number of anilines is 1. The van der Waals surface area contributed by atoms with Crippen LogP contribution in [0.25, 0.3) is 0 Å². The number of likely N-dealkylation sites (N-methyl/N-ethyl adjacent to an activating group) is 1. The van der Waals surface area contributed by atoms with E-state index in [1.54, 1.807) is 0 Å². The van der Waals surface area contributed by atoms with Crippen molar-refractivity contribution in [3.8, 4) is 11.5 Å². The summed E-state index contributed by atoms with van der Waals surface area (Å²) in [7, 11) is 0. The molecule has 17 nitrogen and oxygen atoms in total. The lowest BCUT2D eigenvalue weighted by Gasteiger charge is -2.23. The molecule has 4 aromatic carbocycles. The largest absolute Gasteiger partial charge is 0.492 e. The Morgan fingerprint density at radius 3 is 1.59 bits per heavy atom. The van der Waals surface area contributed by atoms with E-state index in [-0.39, 0.29) is 42.3 Å². The van der Waals surface area contributed by atoms with Gasteiger partial charge in [0.15, 0.2) is 0 Å². The molecular weight excluding hydrogens is 900 g/mol. The Morgan fingerprint density at radius 1 is 0.618 bits per heavy atom. The number of ether oxygens (including phenoxy) is 9. The normalized spacial score (nSPS) is 11.4. The first kappa shape index (κ1) is 54.9. The second-order valence-corrected chi connectivity index (χ2v) is 16.4. The van der Waals surface area contributed by atoms with Crippen molar-refractivity contribution >= 4 is 46.3 Å². The monoisotopic (exact) mass is 964 g/mol. The van der Waals surface area contributed by atoms with Gasteiger partial charge in [0.2, 0.25) is 0 Å². The van der Waals surface area contributed by atoms with Crippen molar-refractivity contribution in [2.24, 2.45) is 10.2 Å². The van der Waals surface area contributed by atoms with Gasteiger partial charge in [-0.3, -0.25) is 19.7 Å². The molecule has 0 unspecified atom stereocenters. The molecule has 0 fully saturated rings. The van der Waals surface area contributed by atoms with E-state index in [1.165, 1.54) is 18.2 Å². The molecule has 0 aromatic heterocycles. The van der Waals surface area contributed by atoms with E-state index in [0.717, 1.165) is 34.9 Å². The van der Waals surface area contributed by atoms with Crippen LogP contribution in [0.15, 0.2) is 101 Å². The van der Waals surface area contributed by atoms with Crippen LogP contribution in [-0.4, -0.2) is 121 Å². The summed E-state index contributed by atoms with van der Waals surface area (Å²) >= 11 is 6.12. The number of nitro benzene ring substituents is 1. The van der Waals surface area contributed by atoms with Gasteiger partial charge in [-0.05, 0) is 106 Å². The van der Waals surface area contributed by atoms with Gasteiger partial charge < -0.3 is 47.5 Å². The SMILES string of the molecule is CCN(CCOc1ccc(CCC(=O)OCCOCCOCCOCCOCCOCCOc2ccc(CCC(=O)OC(C)(C)C)cc2)cc1)c1ccc(N=Nc2ccc([N+](=O)[O-])cc2Cl)cc1. The third-order valence-electron chi connectivity index (χ3n) is 9.62. The third-order valence-corrected chi connectivity index (χ3v) is 9.92. The number of carbonyl (C=O) groups is 2. The number of benzene rings is 4. The molecule has 0 N–H and O–H groups in total. The molecule has 0 atom stereocenters. The average molecular weight is 966 g/mol. The number of esters is 2. The van der Waals surface area contributed by atoms with Crippen LogP contribution >= 0.6 is 11.6 Å². The summed E-state index contributed by atoms with van der Waals surface area (Å²) in [5.41, 5.74) is 3.41. The minimum absolute atomic E-state index is 0.110. The van der Waals surface area contributed by atoms with Crippen LogP contribution in [0.2, 0.25) is 5.02 Å². The number of halogens is 1. The summed E-state index contributed by atoms with van der Waals surface area (Å²) in [6.07, 6.45) is 1.76. The van der Waals surface area contributed by atoms with E-state index < -0.39 is 10.5 Å². The molecular formula is C50H65ClN4O13. The van der Waals surface area contributed by atoms with Crippen molar-refractivity contribution in [2.45, 2.75) is 59.0 Å². The number of azo groups is 1. The molecule has 370 valence electrons. The maximum Gasteiger partial charge on any atom is 0.306 e. The van der Waals surface area contributed by atoms with E-state index in [4.69, 9.17) is 54.2 Å². The molecule has 0 aliphatic carbocycles. The maximum atomic E-state index is 12.3. The molecule has 0 bridgehead atoms. The molecule has 0 heterocycles. The predicted molar refractivity (Wildman–Crippen MR) is 258 cm³/mol. The van der Waals surface area contributed by atoms with E-state index in [1.807, 2.05) is 93.6 Å². The van der Waals surface area contributed by atoms with Gasteiger partial charge in [0.1, 0.15) is 42.6 Å². The van der Waals surface area contributed by atoms with Crippen LogP contribution in [0.3, 0.4) is 0 Å². The zero-order valence-electron chi connectivity index (χ0n) is 39.6. The molecule has 0 saturated carbocycles. The molecule has 0 saturated heterocycles. The van der Waals surface area contributed by atoms with E-state index in [0.29, 0.717) is 110 Å². The molecule has 0 radical (unpaired) electrons. The summed E-state index contributed by atoms with van der Waals surface area (Å²) in [5, 5.41) is 19.4. The molecule has 0 aliphatic rings. The van der Waals surface area contributed by atoms with Crippen LogP contribution in [0.1, 0.15) is 51.7 Å². The highest BCUT2D eigenvalue weighted by molar-refractivity contribution is 6.33. The van der Waals surface area contributed by atoms with Crippen molar-refractivity contribution in [3.05, 3.63) is 117 Å². The van der Waals surface area contributed by atoms with Gasteiger partial charge >= 0.3 is 11.9 Å². The highest BCUT2D eigenvalue weighted by Crippen LogP contribution is 2.31. The van der Waals surface area contributed by atoms with E-state index >= 15 is 0 Å². The number of carbonyl (C=O) groups excluding carboxylic acids is 2. The zero-order chi connectivity index (χ0) is 48.8. The standard InChI is InChI=1S/C50H65ClN4O13/c1-5-54(42-14-12-41(13-15-42)52-53-47-21-16-43(55(58)59)38-46(47)51)24-25-65-44-17-6-39(7-18-44)10-22-48(56)67-37-35-64-33-31-62-29-27-60-26-28-61-30-32-63-34-36-66-45-19-8-40(9-20-45)11-23-49(57)68-50(2,3)4/h6-9,12-21,38H,5,10-11,22-37H2,1-4H3. The van der Waals surface area contributed by atoms with Crippen LogP contribution in [0.5, 0.6) is 11.5 Å². The Kier molecular flexibility index (Phi) is 25.3. The molecule has 4 aromatic rings. The fourth-order valence-electron chi connectivity index (χ4n) is 6.15. The first-order valence-corrected chi connectivity index (χ1v) is 23.2. The van der Waals surface area contributed by atoms with Gasteiger partial charge in [0, 0.05) is 37.2 Å². The summed E-state index contributed by atoms with van der Waals surface area (Å²) in [4.78, 5) is 36.7. The maximum absolute atomic E-state index is 12.3. The van der Waals surface area contributed by atoms with Gasteiger partial charge in [-0.15, -0.1) is 5.11 Å². The van der Waals surface area contributed by atoms with Crippen molar-refractivity contribution in [2.75, 3.05) is 104 Å². The topological polar surface area (TPSA) is 188 Å². The molecule has 18 heteroatoms. The minimum Gasteiger partial charge on any atom is -0.492 e. The lowest BCUT2D eigenvalue weighted by Crippen LogP contribution is -2.27. The summed E-state index contributed by atoms with van der Waals surface area (Å²) < 4.78 is 50.0. The first-order chi connectivity index (χ1) is 32.9. The quantitative estimate of drug-likeness (QED) is 0.0142. The number of nitrogens with zero attached hydrogens (tertiary/aromatic N) is 4. The molecule has 0 aliphatic heterocycles. The van der Waals surface area contributed by atoms with Crippen LogP contribution in [0.4, 0.5) is 22.7 Å². The number of rotatable bonds is 34. The van der Waals surface area contributed by atoms with Gasteiger partial charge in [0.25, 0.3) is 5.69 Å². The number of hydrogen-bond acceptors (Lipinski definition) is 16. The van der Waals surface area contributed by atoms with Gasteiger partial charge in [-0.1, -0.05) is 35.9 Å². The Hall–Kier alpha value is -5.69. The first-order valence-electron chi connectivity index (χ1n) is 22.8. The Morgan fingerprint density at radius 2 is 1.10 bits per heavy atom. The Bertz CT molecular complexity index is 2100. The fourth-order valence-corrected chi connectivity index (χ4v) is 6.37. The predicted octanol–water partition coefficient (Wildman–Crippen LogP) is 9.48. The average Bonchev–Trinajstić information content (AvgIpc) is 3.32. The zero-order valence-corrected chi connectivity index (χ0v) is 40.3. The summed E-state index contributed by atoms with van der Waals surface area (Å²) in [6.45, 7) is 14.3. The number of aryl methyl sites for hydroxylation is 2. The molecule has 68 heavy (non-hydrogen) atoms. The second kappa shape index (κ2) is 31.4. The van der Waals surface area contributed by atoms with Gasteiger partial charge in [-0.25, -0.2) is 0 Å². The lowest BCUT2D eigenvalue weighted by molar-refractivity contribution is -0.384. The van der Waals surface area contributed by atoms with Crippen LogP contribution in [-0.2, 0) is 55.6 Å². The molecule has 0 amide bonds. The van der Waals surface area contributed by atoms with Gasteiger partial charge in [-0.2, -0.15) is 5.11 Å². The van der Waals surface area contributed by atoms with E-state index in [2.05, 4.69) is 22.1 Å². The minimum atomic E-state index is -0.516. The smallest absolute Gasteiger partial charge is 0.306 e. The van der Waals surface area contributed by atoms with Crippen LogP contribution in [0, 0.1) is 10.1 Å². The lowest BCUT2D eigenvalue weighted by atomic mass is 10.1.